The van der Waals surface area contributed by atoms with Crippen molar-refractivity contribution in [2.24, 2.45) is 0 Å². The molecule has 4 heteroatoms. The van der Waals surface area contributed by atoms with E-state index in [0.717, 1.165) is 5.39 Å². The minimum Gasteiger partial charge on any atom is -0.312 e. The minimum atomic E-state index is -0.682. The molecule has 2 rings (SSSR count). The third-order valence-corrected chi connectivity index (χ3v) is 2.62. The van der Waals surface area contributed by atoms with Gasteiger partial charge in [0, 0.05) is 11.6 Å². The Balaban J connectivity index is 2.54. The van der Waals surface area contributed by atoms with Gasteiger partial charge in [0.1, 0.15) is 5.38 Å². The summed E-state index contributed by atoms with van der Waals surface area (Å²) >= 11 is 5.70. The first kappa shape index (κ1) is 10.7. The van der Waals surface area contributed by atoms with Crippen LogP contribution in [0.4, 0.5) is 0 Å². The molecule has 1 heterocycles. The molecule has 16 heavy (non-hydrogen) atoms. The first-order valence-electron chi connectivity index (χ1n) is 4.84. The molecule has 0 aliphatic carbocycles. The predicted molar refractivity (Wildman–Crippen MR) is 63.5 cm³/mol. The van der Waals surface area contributed by atoms with Crippen LogP contribution >= 0.6 is 11.6 Å². The average molecular weight is 233 g/mol. The number of pyridine rings is 1. The van der Waals surface area contributed by atoms with Crippen LogP contribution < -0.4 is 5.56 Å². The van der Waals surface area contributed by atoms with Crippen molar-refractivity contribution in [3.05, 3.63) is 46.9 Å². The average Bonchev–Trinajstić information content (AvgIpc) is 2.33. The van der Waals surface area contributed by atoms with Gasteiger partial charge >= 0.3 is 0 Å². The summed E-state index contributed by atoms with van der Waals surface area (Å²) < 4.78 is 1.46. The normalized spacial score (nSPS) is 12.2. The van der Waals surface area contributed by atoms with Crippen molar-refractivity contribution in [2.75, 3.05) is 0 Å². The lowest BCUT2D eigenvalue weighted by molar-refractivity contribution is 0.697. The van der Waals surface area contributed by atoms with Crippen molar-refractivity contribution >= 4 is 22.4 Å². The van der Waals surface area contributed by atoms with Gasteiger partial charge in [0.15, 0.2) is 0 Å². The van der Waals surface area contributed by atoms with Crippen LogP contribution in [0.15, 0.2) is 41.3 Å². The van der Waals surface area contributed by atoms with E-state index in [-0.39, 0.29) is 12.1 Å². The summed E-state index contributed by atoms with van der Waals surface area (Å²) in [6.45, 7) is 0.210. The third kappa shape index (κ3) is 1.93. The number of alkyl halides is 1. The zero-order chi connectivity index (χ0) is 11.5. The van der Waals surface area contributed by atoms with Crippen LogP contribution in [0.1, 0.15) is 0 Å². The fourth-order valence-corrected chi connectivity index (χ4v) is 1.74. The molecule has 0 bridgehead atoms. The maximum Gasteiger partial charge on any atom is 0.258 e. The SMILES string of the molecule is N#CC(Cl)Cn1ccc2ccccc2c1=O. The molecule has 0 aliphatic heterocycles. The Kier molecular flexibility index (Phi) is 2.93. The molecule has 0 N–H and O–H groups in total. The number of aromatic nitrogens is 1. The molecule has 1 unspecified atom stereocenters. The first-order valence-corrected chi connectivity index (χ1v) is 5.28. The minimum absolute atomic E-state index is 0.112. The molecule has 0 saturated carbocycles. The van der Waals surface area contributed by atoms with Crippen LogP contribution in [-0.2, 0) is 6.54 Å². The Labute approximate surface area is 97.5 Å². The fraction of sp³-hybridized carbons (Fsp3) is 0.167. The van der Waals surface area contributed by atoms with E-state index >= 15 is 0 Å². The molecule has 3 nitrogen and oxygen atoms in total. The van der Waals surface area contributed by atoms with E-state index < -0.39 is 5.38 Å². The van der Waals surface area contributed by atoms with Gasteiger partial charge in [0.25, 0.3) is 5.56 Å². The van der Waals surface area contributed by atoms with Crippen LogP contribution in [0.25, 0.3) is 10.8 Å². The maximum atomic E-state index is 12.0. The van der Waals surface area contributed by atoms with Gasteiger partial charge < -0.3 is 4.57 Å². The Morgan fingerprint density at radius 2 is 2.12 bits per heavy atom. The van der Waals surface area contributed by atoms with E-state index in [1.54, 1.807) is 12.3 Å². The molecule has 2 aromatic rings. The zero-order valence-electron chi connectivity index (χ0n) is 8.43. The summed E-state index contributed by atoms with van der Waals surface area (Å²) in [5.74, 6) is 0. The lowest BCUT2D eigenvalue weighted by Gasteiger charge is -2.06. The summed E-state index contributed by atoms with van der Waals surface area (Å²) in [5.41, 5.74) is -0.112. The number of nitrogens with zero attached hydrogens (tertiary/aromatic N) is 2. The van der Waals surface area contributed by atoms with Gasteiger partial charge in [-0.2, -0.15) is 5.26 Å². The lowest BCUT2D eigenvalue weighted by atomic mass is 10.2. The predicted octanol–water partition coefficient (Wildman–Crippen LogP) is 2.13. The molecule has 1 aromatic heterocycles. The van der Waals surface area contributed by atoms with Crippen LogP contribution in [0.5, 0.6) is 0 Å². The summed E-state index contributed by atoms with van der Waals surface area (Å²) in [6.07, 6.45) is 1.66. The molecule has 0 saturated heterocycles. The van der Waals surface area contributed by atoms with Gasteiger partial charge in [-0.15, -0.1) is 11.6 Å². The highest BCUT2D eigenvalue weighted by Crippen LogP contribution is 2.08. The highest BCUT2D eigenvalue weighted by atomic mass is 35.5. The first-order chi connectivity index (χ1) is 7.72. The Hall–Kier alpha value is -1.79. The van der Waals surface area contributed by atoms with E-state index in [1.807, 2.05) is 30.3 Å². The van der Waals surface area contributed by atoms with Crippen molar-refractivity contribution in [1.29, 1.82) is 5.26 Å². The van der Waals surface area contributed by atoms with Gasteiger partial charge in [0.05, 0.1) is 12.6 Å². The number of hydrogen-bond acceptors (Lipinski definition) is 2. The largest absolute Gasteiger partial charge is 0.312 e. The number of rotatable bonds is 2. The standard InChI is InChI=1S/C12H9ClN2O/c13-10(7-14)8-15-6-5-9-3-1-2-4-11(9)12(15)16/h1-6,10H,8H2. The van der Waals surface area contributed by atoms with Crippen LogP contribution in [0, 0.1) is 11.3 Å². The molecular formula is C12H9ClN2O. The van der Waals surface area contributed by atoms with Gasteiger partial charge in [0.2, 0.25) is 0 Å². The Morgan fingerprint density at radius 1 is 1.38 bits per heavy atom. The van der Waals surface area contributed by atoms with Gasteiger partial charge in [-0.25, -0.2) is 0 Å². The van der Waals surface area contributed by atoms with E-state index in [9.17, 15) is 4.79 Å². The maximum absolute atomic E-state index is 12.0. The van der Waals surface area contributed by atoms with Crippen molar-refractivity contribution in [3.63, 3.8) is 0 Å². The Bertz CT molecular complexity index is 612. The van der Waals surface area contributed by atoms with Crippen molar-refractivity contribution in [2.45, 2.75) is 11.9 Å². The van der Waals surface area contributed by atoms with Crippen LogP contribution in [-0.4, -0.2) is 9.94 Å². The van der Waals surface area contributed by atoms with Gasteiger partial charge in [-0.05, 0) is 17.5 Å². The summed E-state index contributed by atoms with van der Waals surface area (Å²) in [7, 11) is 0. The van der Waals surface area contributed by atoms with E-state index in [0.29, 0.717) is 5.39 Å². The zero-order valence-corrected chi connectivity index (χ0v) is 9.19. The van der Waals surface area contributed by atoms with E-state index in [2.05, 4.69) is 0 Å². The molecule has 0 aliphatic rings. The summed E-state index contributed by atoms with van der Waals surface area (Å²) in [4.78, 5) is 12.0. The molecule has 0 spiro atoms. The monoisotopic (exact) mass is 232 g/mol. The number of hydrogen-bond donors (Lipinski definition) is 0. The highest BCUT2D eigenvalue weighted by molar-refractivity contribution is 6.22. The molecule has 80 valence electrons. The number of fused-ring (bicyclic) bond motifs is 1. The number of halogens is 1. The third-order valence-electron chi connectivity index (χ3n) is 2.38. The van der Waals surface area contributed by atoms with E-state index in [4.69, 9.17) is 16.9 Å². The number of benzene rings is 1. The van der Waals surface area contributed by atoms with Crippen LogP contribution in [0.3, 0.4) is 0 Å². The van der Waals surface area contributed by atoms with Crippen LogP contribution in [0.2, 0.25) is 0 Å². The second kappa shape index (κ2) is 4.38. The second-order valence-corrected chi connectivity index (χ2v) is 3.98. The molecule has 0 radical (unpaired) electrons. The number of nitriles is 1. The smallest absolute Gasteiger partial charge is 0.258 e. The summed E-state index contributed by atoms with van der Waals surface area (Å²) in [5, 5.41) is 9.46. The van der Waals surface area contributed by atoms with Crippen molar-refractivity contribution in [3.8, 4) is 6.07 Å². The molecule has 1 aromatic carbocycles. The quantitative estimate of drug-likeness (QED) is 0.745. The van der Waals surface area contributed by atoms with Crippen molar-refractivity contribution < 1.29 is 0 Å². The lowest BCUT2D eigenvalue weighted by Crippen LogP contribution is -2.23. The Morgan fingerprint density at radius 3 is 2.88 bits per heavy atom. The fourth-order valence-electron chi connectivity index (χ4n) is 1.59. The van der Waals surface area contributed by atoms with Gasteiger partial charge in [-0.3, -0.25) is 4.79 Å². The molecule has 0 amide bonds. The topological polar surface area (TPSA) is 45.8 Å². The molecular weight excluding hydrogens is 224 g/mol. The second-order valence-electron chi connectivity index (χ2n) is 3.46. The van der Waals surface area contributed by atoms with Gasteiger partial charge in [-0.1, -0.05) is 18.2 Å². The molecule has 0 fully saturated rings. The highest BCUT2D eigenvalue weighted by Gasteiger charge is 2.06. The van der Waals surface area contributed by atoms with Crippen molar-refractivity contribution in [1.82, 2.24) is 4.57 Å². The van der Waals surface area contributed by atoms with E-state index in [1.165, 1.54) is 4.57 Å². The molecule has 1 atom stereocenters. The summed E-state index contributed by atoms with van der Waals surface area (Å²) in [6, 6.07) is 11.1.